The van der Waals surface area contributed by atoms with Crippen molar-refractivity contribution in [3.63, 3.8) is 0 Å². The Balaban J connectivity index is 2.18. The van der Waals surface area contributed by atoms with Crippen molar-refractivity contribution in [1.29, 1.82) is 0 Å². The Hall–Kier alpha value is -0.460. The molecule has 1 aromatic heterocycles. The van der Waals surface area contributed by atoms with E-state index in [1.54, 1.807) is 23.5 Å². The maximum atomic E-state index is 13.2. The molecule has 0 saturated heterocycles. The van der Waals surface area contributed by atoms with E-state index in [1.807, 2.05) is 6.92 Å². The molecule has 0 amide bonds. The van der Waals surface area contributed by atoms with Crippen LogP contribution in [0.5, 0.6) is 0 Å². The first-order chi connectivity index (χ1) is 8.06. The van der Waals surface area contributed by atoms with E-state index in [4.69, 9.17) is 5.73 Å². The lowest BCUT2D eigenvalue weighted by molar-refractivity contribution is 0.621. The molecular formula is C13H13FINS. The van der Waals surface area contributed by atoms with Crippen molar-refractivity contribution < 1.29 is 4.39 Å². The number of benzene rings is 1. The van der Waals surface area contributed by atoms with Crippen LogP contribution in [-0.4, -0.2) is 0 Å². The molecule has 0 bridgehead atoms. The molecule has 1 nitrogen and oxygen atoms in total. The van der Waals surface area contributed by atoms with Crippen LogP contribution in [0.2, 0.25) is 0 Å². The quantitative estimate of drug-likeness (QED) is 0.821. The van der Waals surface area contributed by atoms with E-state index in [1.165, 1.54) is 8.95 Å². The number of halogens is 2. The molecule has 0 saturated carbocycles. The van der Waals surface area contributed by atoms with Crippen molar-refractivity contribution in [3.05, 3.63) is 55.0 Å². The Morgan fingerprint density at radius 1 is 1.41 bits per heavy atom. The van der Waals surface area contributed by atoms with Gasteiger partial charge in [0.15, 0.2) is 0 Å². The van der Waals surface area contributed by atoms with E-state index in [0.717, 1.165) is 16.7 Å². The first-order valence-electron chi connectivity index (χ1n) is 5.31. The summed E-state index contributed by atoms with van der Waals surface area (Å²) in [5, 5.41) is 2.07. The predicted octanol–water partition coefficient (Wildman–Crippen LogP) is 4.04. The molecule has 0 aliphatic heterocycles. The molecule has 1 aromatic carbocycles. The minimum Gasteiger partial charge on any atom is -0.324 e. The summed E-state index contributed by atoms with van der Waals surface area (Å²) in [5.41, 5.74) is 9.34. The first-order valence-corrected chi connectivity index (χ1v) is 7.26. The molecule has 0 fully saturated rings. The molecule has 1 atom stereocenters. The second-order valence-corrected chi connectivity index (χ2v) is 6.87. The SMILES string of the molecule is Cc1ccc(F)cc1CC(N)c1csc(I)c1. The van der Waals surface area contributed by atoms with Crippen LogP contribution < -0.4 is 5.73 Å². The highest BCUT2D eigenvalue weighted by atomic mass is 127. The molecule has 17 heavy (non-hydrogen) atoms. The average molecular weight is 361 g/mol. The van der Waals surface area contributed by atoms with E-state index in [-0.39, 0.29) is 11.9 Å². The van der Waals surface area contributed by atoms with Gasteiger partial charge in [0.2, 0.25) is 0 Å². The Morgan fingerprint density at radius 3 is 2.82 bits per heavy atom. The van der Waals surface area contributed by atoms with Gasteiger partial charge in [-0.3, -0.25) is 0 Å². The maximum Gasteiger partial charge on any atom is 0.123 e. The second-order valence-electron chi connectivity index (χ2n) is 4.07. The van der Waals surface area contributed by atoms with Crippen molar-refractivity contribution in [3.8, 4) is 0 Å². The minimum absolute atomic E-state index is 0.0599. The van der Waals surface area contributed by atoms with Gasteiger partial charge in [0.25, 0.3) is 0 Å². The van der Waals surface area contributed by atoms with Gasteiger partial charge in [0, 0.05) is 6.04 Å². The van der Waals surface area contributed by atoms with Crippen molar-refractivity contribution in [2.45, 2.75) is 19.4 Å². The molecule has 1 heterocycles. The normalized spacial score (nSPS) is 12.7. The molecular weight excluding hydrogens is 348 g/mol. The lowest BCUT2D eigenvalue weighted by Gasteiger charge is -2.12. The Labute approximate surface area is 118 Å². The van der Waals surface area contributed by atoms with Crippen LogP contribution in [0.15, 0.2) is 29.6 Å². The third kappa shape index (κ3) is 3.26. The minimum atomic E-state index is -0.197. The van der Waals surface area contributed by atoms with Crippen LogP contribution in [0, 0.1) is 15.6 Å². The summed E-state index contributed by atoms with van der Waals surface area (Å²) in [5.74, 6) is -0.197. The smallest absolute Gasteiger partial charge is 0.123 e. The zero-order valence-corrected chi connectivity index (χ0v) is 12.4. The lowest BCUT2D eigenvalue weighted by Crippen LogP contribution is -2.13. The van der Waals surface area contributed by atoms with E-state index in [0.29, 0.717) is 6.42 Å². The Morgan fingerprint density at radius 2 is 2.18 bits per heavy atom. The van der Waals surface area contributed by atoms with E-state index >= 15 is 0 Å². The van der Waals surface area contributed by atoms with Crippen molar-refractivity contribution in [2.24, 2.45) is 5.73 Å². The van der Waals surface area contributed by atoms with Crippen LogP contribution in [0.3, 0.4) is 0 Å². The monoisotopic (exact) mass is 361 g/mol. The van der Waals surface area contributed by atoms with Gasteiger partial charge < -0.3 is 5.73 Å². The number of hydrogen-bond donors (Lipinski definition) is 1. The van der Waals surface area contributed by atoms with Gasteiger partial charge in [-0.1, -0.05) is 6.07 Å². The van der Waals surface area contributed by atoms with Gasteiger partial charge in [-0.25, -0.2) is 4.39 Å². The maximum absolute atomic E-state index is 13.2. The van der Waals surface area contributed by atoms with Gasteiger partial charge in [-0.15, -0.1) is 11.3 Å². The number of rotatable bonds is 3. The van der Waals surface area contributed by atoms with E-state index < -0.39 is 0 Å². The molecule has 0 spiro atoms. The standard InChI is InChI=1S/C13H13FINS/c1-8-2-3-11(14)4-9(8)5-12(16)10-6-13(15)17-7-10/h2-4,6-7,12H,5,16H2,1H3. The van der Waals surface area contributed by atoms with Crippen LogP contribution in [0.25, 0.3) is 0 Å². The molecule has 0 radical (unpaired) electrons. The fourth-order valence-corrected chi connectivity index (χ4v) is 3.17. The molecule has 2 N–H and O–H groups in total. The third-order valence-corrected chi connectivity index (χ3v) is 4.57. The van der Waals surface area contributed by atoms with Crippen LogP contribution in [0.1, 0.15) is 22.7 Å². The third-order valence-electron chi connectivity index (χ3n) is 2.77. The van der Waals surface area contributed by atoms with Gasteiger partial charge in [0.1, 0.15) is 5.82 Å². The first kappa shape index (κ1) is 13.0. The fraction of sp³-hybridized carbons (Fsp3) is 0.231. The average Bonchev–Trinajstić information content (AvgIpc) is 2.70. The largest absolute Gasteiger partial charge is 0.324 e. The molecule has 2 rings (SSSR count). The summed E-state index contributed by atoms with van der Waals surface area (Å²) in [6, 6.07) is 6.89. The summed E-state index contributed by atoms with van der Waals surface area (Å²) in [6.45, 7) is 1.98. The molecule has 0 aliphatic rings. The van der Waals surface area contributed by atoms with Crippen molar-refractivity contribution >= 4 is 33.9 Å². The van der Waals surface area contributed by atoms with E-state index in [2.05, 4.69) is 34.0 Å². The summed E-state index contributed by atoms with van der Waals surface area (Å²) < 4.78 is 14.4. The lowest BCUT2D eigenvalue weighted by atomic mass is 9.98. The molecule has 0 aliphatic carbocycles. The number of hydrogen-bond acceptors (Lipinski definition) is 2. The fourth-order valence-electron chi connectivity index (χ4n) is 1.73. The summed E-state index contributed by atoms with van der Waals surface area (Å²) >= 11 is 3.96. The summed E-state index contributed by atoms with van der Waals surface area (Å²) in [4.78, 5) is 0. The second kappa shape index (κ2) is 5.46. The number of nitrogens with two attached hydrogens (primary N) is 1. The molecule has 1 unspecified atom stereocenters. The Kier molecular flexibility index (Phi) is 4.17. The molecule has 90 valence electrons. The number of aryl methyl sites for hydroxylation is 1. The highest BCUT2D eigenvalue weighted by Gasteiger charge is 2.11. The highest BCUT2D eigenvalue weighted by Crippen LogP contribution is 2.24. The topological polar surface area (TPSA) is 26.0 Å². The van der Waals surface area contributed by atoms with Crippen molar-refractivity contribution in [1.82, 2.24) is 0 Å². The number of thiophene rings is 1. The van der Waals surface area contributed by atoms with Gasteiger partial charge in [-0.05, 0) is 76.2 Å². The Bertz CT molecular complexity index is 524. The summed E-state index contributed by atoms with van der Waals surface area (Å²) in [6.07, 6.45) is 0.677. The molecule has 2 aromatic rings. The van der Waals surface area contributed by atoms with E-state index in [9.17, 15) is 4.39 Å². The van der Waals surface area contributed by atoms with Crippen LogP contribution in [0.4, 0.5) is 4.39 Å². The van der Waals surface area contributed by atoms with Gasteiger partial charge in [0.05, 0.1) is 2.88 Å². The predicted molar refractivity (Wildman–Crippen MR) is 78.8 cm³/mol. The molecule has 4 heteroatoms. The zero-order valence-electron chi connectivity index (χ0n) is 9.41. The van der Waals surface area contributed by atoms with Crippen LogP contribution in [-0.2, 0) is 6.42 Å². The van der Waals surface area contributed by atoms with Crippen molar-refractivity contribution in [2.75, 3.05) is 0 Å². The highest BCUT2D eigenvalue weighted by molar-refractivity contribution is 14.1. The van der Waals surface area contributed by atoms with Gasteiger partial charge in [-0.2, -0.15) is 0 Å². The summed E-state index contributed by atoms with van der Waals surface area (Å²) in [7, 11) is 0. The zero-order chi connectivity index (χ0) is 12.4. The van der Waals surface area contributed by atoms with Gasteiger partial charge >= 0.3 is 0 Å². The van der Waals surface area contributed by atoms with Crippen LogP contribution >= 0.6 is 33.9 Å².